The summed E-state index contributed by atoms with van der Waals surface area (Å²) in [5, 5.41) is 9.18. The van der Waals surface area contributed by atoms with Gasteiger partial charge in [-0.2, -0.15) is 5.26 Å². The minimum atomic E-state index is -0.574. The molecule has 0 fully saturated rings. The van der Waals surface area contributed by atoms with Crippen molar-refractivity contribution in [2.24, 2.45) is 0 Å². The number of carbonyl (C=O) groups is 1. The number of hydrogen-bond acceptors (Lipinski definition) is 4. The molecule has 0 aliphatic heterocycles. The quantitative estimate of drug-likeness (QED) is 0.779. The fourth-order valence-electron chi connectivity index (χ4n) is 1.64. The van der Waals surface area contributed by atoms with Gasteiger partial charge in [0.2, 0.25) is 0 Å². The zero-order valence-electron chi connectivity index (χ0n) is 12.2. The van der Waals surface area contributed by atoms with Gasteiger partial charge in [0.1, 0.15) is 11.7 Å². The lowest BCUT2D eigenvalue weighted by atomic mass is 10.1. The molecule has 1 aromatic heterocycles. The zero-order valence-corrected chi connectivity index (χ0v) is 12.2. The number of carbonyl (C=O) groups excluding carboxylic acids is 1. The largest absolute Gasteiger partial charge is 0.443 e. The summed E-state index contributed by atoms with van der Waals surface area (Å²) >= 11 is 0. The van der Waals surface area contributed by atoms with E-state index >= 15 is 0 Å². The molecule has 1 heterocycles. The number of rotatable bonds is 1. The Morgan fingerprint density at radius 2 is 2.00 bits per heavy atom. The lowest BCUT2D eigenvalue weighted by molar-refractivity contribution is 0.0589. The van der Waals surface area contributed by atoms with Gasteiger partial charge in [0.15, 0.2) is 0 Å². The molecule has 0 atom stereocenters. The first-order chi connectivity index (χ1) is 8.65. The van der Waals surface area contributed by atoms with Gasteiger partial charge < -0.3 is 4.74 Å². The predicted molar refractivity (Wildman–Crippen MR) is 73.1 cm³/mol. The van der Waals surface area contributed by atoms with Crippen LogP contribution in [0.2, 0.25) is 0 Å². The smallest absolute Gasteiger partial charge is 0.414 e. The van der Waals surface area contributed by atoms with Gasteiger partial charge in [-0.1, -0.05) is 0 Å². The summed E-state index contributed by atoms with van der Waals surface area (Å²) in [5.74, 6) is 0. The third kappa shape index (κ3) is 3.68. The van der Waals surface area contributed by atoms with Gasteiger partial charge in [-0.05, 0) is 40.7 Å². The van der Waals surface area contributed by atoms with Crippen LogP contribution in [0, 0.1) is 25.2 Å². The number of pyridine rings is 1. The Labute approximate surface area is 113 Å². The maximum Gasteiger partial charge on any atom is 0.414 e. The lowest BCUT2D eigenvalue weighted by Crippen LogP contribution is -2.34. The highest BCUT2D eigenvalue weighted by molar-refractivity contribution is 5.89. The Balaban J connectivity index is 3.16. The summed E-state index contributed by atoms with van der Waals surface area (Å²) in [6, 6.07) is 3.78. The van der Waals surface area contributed by atoms with Crippen LogP contribution in [0.15, 0.2) is 6.07 Å². The number of nitrogens with zero attached hydrogens (tertiary/aromatic N) is 3. The lowest BCUT2D eigenvalue weighted by Gasteiger charge is -2.25. The van der Waals surface area contributed by atoms with Crippen LogP contribution in [-0.4, -0.2) is 23.7 Å². The molecule has 0 aromatic carbocycles. The van der Waals surface area contributed by atoms with Crippen molar-refractivity contribution in [3.8, 4) is 6.07 Å². The molecule has 0 saturated heterocycles. The standard InChI is InChI=1S/C14H19N3O2/c1-9-7-12(11(8-15)10(2)16-9)17(6)13(18)19-14(3,4)5/h7H,1-6H3. The molecule has 0 radical (unpaired) electrons. The number of anilines is 1. The molecule has 0 saturated carbocycles. The van der Waals surface area contributed by atoms with Gasteiger partial charge in [0.25, 0.3) is 0 Å². The number of hydrogen-bond donors (Lipinski definition) is 0. The van der Waals surface area contributed by atoms with Gasteiger partial charge in [0, 0.05) is 12.7 Å². The summed E-state index contributed by atoms with van der Waals surface area (Å²) in [6.07, 6.45) is -0.492. The minimum Gasteiger partial charge on any atom is -0.443 e. The fourth-order valence-corrected chi connectivity index (χ4v) is 1.64. The third-order valence-corrected chi connectivity index (χ3v) is 2.45. The van der Waals surface area contributed by atoms with Gasteiger partial charge in [-0.15, -0.1) is 0 Å². The van der Waals surface area contributed by atoms with Crippen LogP contribution in [-0.2, 0) is 4.74 Å². The first kappa shape index (κ1) is 15.0. The molecule has 0 N–H and O–H groups in total. The average Bonchev–Trinajstić information content (AvgIpc) is 2.24. The molecule has 0 bridgehead atoms. The second-order valence-corrected chi connectivity index (χ2v) is 5.39. The number of nitriles is 1. The fraction of sp³-hybridized carbons (Fsp3) is 0.500. The van der Waals surface area contributed by atoms with Crippen molar-refractivity contribution in [2.45, 2.75) is 40.2 Å². The summed E-state index contributed by atoms with van der Waals surface area (Å²) in [5.41, 5.74) is 1.69. The predicted octanol–water partition coefficient (Wildman–Crippen LogP) is 2.94. The van der Waals surface area contributed by atoms with Gasteiger partial charge >= 0.3 is 6.09 Å². The summed E-state index contributed by atoms with van der Waals surface area (Å²) in [6.45, 7) is 8.96. The zero-order chi connectivity index (χ0) is 14.8. The van der Waals surface area contributed by atoms with Crippen molar-refractivity contribution in [2.75, 3.05) is 11.9 Å². The van der Waals surface area contributed by atoms with E-state index in [1.165, 1.54) is 4.90 Å². The van der Waals surface area contributed by atoms with Crippen molar-refractivity contribution in [1.29, 1.82) is 5.26 Å². The first-order valence-electron chi connectivity index (χ1n) is 6.00. The molecular weight excluding hydrogens is 242 g/mol. The van der Waals surface area contributed by atoms with Gasteiger partial charge in [-0.3, -0.25) is 9.88 Å². The molecule has 1 aromatic rings. The SMILES string of the molecule is Cc1cc(N(C)C(=O)OC(C)(C)C)c(C#N)c(C)n1. The molecule has 5 nitrogen and oxygen atoms in total. The molecule has 0 aliphatic carbocycles. The number of aromatic nitrogens is 1. The van der Waals surface area contributed by atoms with E-state index in [4.69, 9.17) is 4.74 Å². The number of amides is 1. The molecular formula is C14H19N3O2. The Hall–Kier alpha value is -2.09. The summed E-state index contributed by atoms with van der Waals surface area (Å²) < 4.78 is 5.29. The van der Waals surface area contributed by atoms with Gasteiger partial charge in [-0.25, -0.2) is 4.79 Å². The molecule has 1 amide bonds. The van der Waals surface area contributed by atoms with Crippen molar-refractivity contribution in [1.82, 2.24) is 4.98 Å². The van der Waals surface area contributed by atoms with E-state index < -0.39 is 11.7 Å². The number of ether oxygens (including phenoxy) is 1. The van der Waals surface area contributed by atoms with Crippen molar-refractivity contribution in [3.63, 3.8) is 0 Å². The maximum atomic E-state index is 12.0. The van der Waals surface area contributed by atoms with Crippen LogP contribution in [0.25, 0.3) is 0 Å². The van der Waals surface area contributed by atoms with Crippen LogP contribution in [0.5, 0.6) is 0 Å². The topological polar surface area (TPSA) is 66.2 Å². The van der Waals surface area contributed by atoms with Crippen LogP contribution in [0.1, 0.15) is 37.7 Å². The molecule has 0 spiro atoms. The van der Waals surface area contributed by atoms with Crippen LogP contribution < -0.4 is 4.90 Å². The highest BCUT2D eigenvalue weighted by atomic mass is 16.6. The van der Waals surface area contributed by atoms with E-state index in [1.807, 2.05) is 6.92 Å². The Morgan fingerprint density at radius 3 is 2.47 bits per heavy atom. The highest BCUT2D eigenvalue weighted by Gasteiger charge is 2.23. The van der Waals surface area contributed by atoms with Crippen LogP contribution in [0.4, 0.5) is 10.5 Å². The average molecular weight is 261 g/mol. The monoisotopic (exact) mass is 261 g/mol. The van der Waals surface area contributed by atoms with Crippen LogP contribution in [0.3, 0.4) is 0 Å². The van der Waals surface area contributed by atoms with E-state index in [9.17, 15) is 10.1 Å². The highest BCUT2D eigenvalue weighted by Crippen LogP contribution is 2.23. The van der Waals surface area contributed by atoms with E-state index in [-0.39, 0.29) is 0 Å². The van der Waals surface area contributed by atoms with E-state index in [0.717, 1.165) is 5.69 Å². The summed E-state index contributed by atoms with van der Waals surface area (Å²) in [4.78, 5) is 17.6. The third-order valence-electron chi connectivity index (χ3n) is 2.45. The Morgan fingerprint density at radius 1 is 1.42 bits per heavy atom. The van der Waals surface area contributed by atoms with Crippen molar-refractivity contribution in [3.05, 3.63) is 23.0 Å². The van der Waals surface area contributed by atoms with Crippen molar-refractivity contribution < 1.29 is 9.53 Å². The molecule has 0 aliphatic rings. The Bertz CT molecular complexity index is 539. The van der Waals surface area contributed by atoms with Crippen molar-refractivity contribution >= 4 is 11.8 Å². The molecule has 102 valence electrons. The van der Waals surface area contributed by atoms with E-state index in [0.29, 0.717) is 16.9 Å². The minimum absolute atomic E-state index is 0.388. The second kappa shape index (κ2) is 5.27. The molecule has 1 rings (SSSR count). The van der Waals surface area contributed by atoms with E-state index in [1.54, 1.807) is 40.8 Å². The maximum absolute atomic E-state index is 12.0. The second-order valence-electron chi connectivity index (χ2n) is 5.39. The Kier molecular flexibility index (Phi) is 4.15. The van der Waals surface area contributed by atoms with E-state index in [2.05, 4.69) is 11.1 Å². The molecule has 0 unspecified atom stereocenters. The molecule has 5 heteroatoms. The number of aryl methyl sites for hydroxylation is 2. The van der Waals surface area contributed by atoms with Crippen LogP contribution >= 0.6 is 0 Å². The summed E-state index contributed by atoms with van der Waals surface area (Å²) in [7, 11) is 1.59. The molecule has 19 heavy (non-hydrogen) atoms. The first-order valence-corrected chi connectivity index (χ1v) is 6.00. The van der Waals surface area contributed by atoms with Gasteiger partial charge in [0.05, 0.1) is 16.9 Å². The normalized spacial score (nSPS) is 10.8.